The molecule has 0 saturated carbocycles. The molecule has 1 fully saturated rings. The number of rotatable bonds is 3. The Morgan fingerprint density at radius 2 is 1.79 bits per heavy atom. The molecule has 2 aromatic carbocycles. The molecule has 0 amide bonds. The summed E-state index contributed by atoms with van der Waals surface area (Å²) in [6, 6.07) is 14.0. The number of ether oxygens (including phenoxy) is 2. The van der Waals surface area contributed by atoms with Gasteiger partial charge in [0.25, 0.3) is 0 Å². The zero-order valence-electron chi connectivity index (χ0n) is 13.4. The zero-order chi connectivity index (χ0) is 16.6. The molecule has 0 aromatic heterocycles. The van der Waals surface area contributed by atoms with Crippen LogP contribution < -0.4 is 9.47 Å². The van der Waals surface area contributed by atoms with Crippen LogP contribution in [0.2, 0.25) is 0 Å². The third kappa shape index (κ3) is 3.04. The lowest BCUT2D eigenvalue weighted by Gasteiger charge is -2.38. The number of halogens is 1. The third-order valence-corrected chi connectivity index (χ3v) is 5.47. The van der Waals surface area contributed by atoms with E-state index < -0.39 is 5.60 Å². The van der Waals surface area contributed by atoms with E-state index in [4.69, 9.17) is 9.47 Å². The van der Waals surface area contributed by atoms with Gasteiger partial charge in [0.2, 0.25) is 6.79 Å². The normalized spacial score (nSPS) is 19.4. The van der Waals surface area contributed by atoms with Crippen molar-refractivity contribution in [2.75, 3.05) is 19.9 Å². The van der Waals surface area contributed by atoms with Gasteiger partial charge >= 0.3 is 0 Å². The minimum absolute atomic E-state index is 0.301. The molecule has 2 aliphatic rings. The molecule has 0 atom stereocenters. The highest BCUT2D eigenvalue weighted by Crippen LogP contribution is 2.38. The van der Waals surface area contributed by atoms with E-state index in [1.165, 1.54) is 0 Å². The van der Waals surface area contributed by atoms with E-state index in [0.717, 1.165) is 59.6 Å². The first-order valence-electron chi connectivity index (χ1n) is 8.22. The van der Waals surface area contributed by atoms with Crippen LogP contribution in [-0.4, -0.2) is 29.9 Å². The Morgan fingerprint density at radius 1 is 1.04 bits per heavy atom. The van der Waals surface area contributed by atoms with Crippen LogP contribution >= 0.6 is 15.9 Å². The molecule has 2 heterocycles. The van der Waals surface area contributed by atoms with Crippen molar-refractivity contribution >= 4 is 15.9 Å². The highest BCUT2D eigenvalue weighted by atomic mass is 79.9. The number of nitrogens with zero attached hydrogens (tertiary/aromatic N) is 1. The number of likely N-dealkylation sites (tertiary alicyclic amines) is 1. The Morgan fingerprint density at radius 3 is 2.54 bits per heavy atom. The maximum Gasteiger partial charge on any atom is 0.231 e. The van der Waals surface area contributed by atoms with E-state index in [0.29, 0.717) is 6.79 Å². The quantitative estimate of drug-likeness (QED) is 0.869. The third-order valence-electron chi connectivity index (χ3n) is 4.94. The van der Waals surface area contributed by atoms with Gasteiger partial charge in [-0.1, -0.05) is 40.2 Å². The van der Waals surface area contributed by atoms with Gasteiger partial charge in [-0.15, -0.1) is 0 Å². The van der Waals surface area contributed by atoms with E-state index >= 15 is 0 Å². The topological polar surface area (TPSA) is 41.9 Å². The van der Waals surface area contributed by atoms with E-state index in [1.807, 2.05) is 36.4 Å². The van der Waals surface area contributed by atoms with Crippen LogP contribution in [0.3, 0.4) is 0 Å². The number of benzene rings is 2. The fourth-order valence-corrected chi connectivity index (χ4v) is 3.75. The molecule has 1 saturated heterocycles. The van der Waals surface area contributed by atoms with Crippen molar-refractivity contribution in [3.63, 3.8) is 0 Å². The van der Waals surface area contributed by atoms with Crippen molar-refractivity contribution < 1.29 is 14.6 Å². The summed E-state index contributed by atoms with van der Waals surface area (Å²) in [6.07, 6.45) is 1.47. The Hall–Kier alpha value is -1.56. The predicted octanol–water partition coefficient (Wildman–Crippen LogP) is 3.66. The van der Waals surface area contributed by atoms with Gasteiger partial charge in [-0.25, -0.2) is 0 Å². The van der Waals surface area contributed by atoms with Crippen LogP contribution in [0.25, 0.3) is 0 Å². The molecule has 2 aliphatic heterocycles. The molecule has 0 bridgehead atoms. The lowest BCUT2D eigenvalue weighted by Crippen LogP contribution is -2.42. The van der Waals surface area contributed by atoms with Crippen molar-refractivity contribution in [1.29, 1.82) is 0 Å². The molecule has 0 radical (unpaired) electrons. The van der Waals surface area contributed by atoms with Crippen LogP contribution in [0.15, 0.2) is 46.9 Å². The highest BCUT2D eigenvalue weighted by Gasteiger charge is 2.34. The van der Waals surface area contributed by atoms with Gasteiger partial charge in [0.1, 0.15) is 0 Å². The van der Waals surface area contributed by atoms with Gasteiger partial charge in [0, 0.05) is 29.7 Å². The summed E-state index contributed by atoms with van der Waals surface area (Å²) >= 11 is 3.45. The molecule has 126 valence electrons. The predicted molar refractivity (Wildman–Crippen MR) is 95.1 cm³/mol. The first-order valence-corrected chi connectivity index (χ1v) is 9.02. The largest absolute Gasteiger partial charge is 0.454 e. The van der Waals surface area contributed by atoms with Crippen LogP contribution in [0.1, 0.15) is 24.0 Å². The number of fused-ring (bicyclic) bond motifs is 1. The Balaban J connectivity index is 1.43. The minimum Gasteiger partial charge on any atom is -0.454 e. The SMILES string of the molecule is OC1(c2ccc(Br)cc2)CCN(Cc2cccc3c2OCO3)CC1. The van der Waals surface area contributed by atoms with E-state index in [-0.39, 0.29) is 0 Å². The summed E-state index contributed by atoms with van der Waals surface area (Å²) in [4.78, 5) is 2.37. The molecule has 0 unspecified atom stereocenters. The van der Waals surface area contributed by atoms with Crippen LogP contribution in [-0.2, 0) is 12.1 Å². The fraction of sp³-hybridized carbons (Fsp3) is 0.368. The van der Waals surface area contributed by atoms with E-state index in [9.17, 15) is 5.11 Å². The molecule has 24 heavy (non-hydrogen) atoms. The second kappa shape index (κ2) is 6.39. The molecule has 4 rings (SSSR count). The first-order chi connectivity index (χ1) is 11.6. The number of hydrogen-bond donors (Lipinski definition) is 1. The minimum atomic E-state index is -0.727. The molecular weight excluding hydrogens is 370 g/mol. The van der Waals surface area contributed by atoms with Crippen LogP contribution in [0.4, 0.5) is 0 Å². The second-order valence-corrected chi connectivity index (χ2v) is 7.38. The average Bonchev–Trinajstić information content (AvgIpc) is 3.07. The van der Waals surface area contributed by atoms with Gasteiger partial charge in [0.05, 0.1) is 5.60 Å². The summed E-state index contributed by atoms with van der Waals surface area (Å²) in [6.45, 7) is 2.84. The average molecular weight is 390 g/mol. The summed E-state index contributed by atoms with van der Waals surface area (Å²) in [5, 5.41) is 11.0. The van der Waals surface area contributed by atoms with Gasteiger partial charge in [-0.2, -0.15) is 0 Å². The van der Waals surface area contributed by atoms with Gasteiger partial charge in [0.15, 0.2) is 11.5 Å². The number of piperidine rings is 1. The molecule has 4 nitrogen and oxygen atoms in total. The molecule has 1 N–H and O–H groups in total. The number of hydrogen-bond acceptors (Lipinski definition) is 4. The fourth-order valence-electron chi connectivity index (χ4n) is 3.49. The zero-order valence-corrected chi connectivity index (χ0v) is 15.0. The first kappa shape index (κ1) is 15.9. The molecule has 0 aliphatic carbocycles. The summed E-state index contributed by atoms with van der Waals surface area (Å²) in [5.74, 6) is 1.70. The molecular formula is C19H20BrNO3. The van der Waals surface area contributed by atoms with Crippen molar-refractivity contribution in [3.8, 4) is 11.5 Å². The van der Waals surface area contributed by atoms with Crippen molar-refractivity contribution in [2.45, 2.75) is 25.0 Å². The summed E-state index contributed by atoms with van der Waals surface area (Å²) < 4.78 is 12.1. The Kier molecular flexibility index (Phi) is 4.24. The number of para-hydroxylation sites is 1. The van der Waals surface area contributed by atoms with Crippen molar-refractivity contribution in [2.24, 2.45) is 0 Å². The molecule has 0 spiro atoms. The lowest BCUT2D eigenvalue weighted by atomic mass is 9.84. The number of aliphatic hydroxyl groups is 1. The van der Waals surface area contributed by atoms with Crippen molar-refractivity contribution in [3.05, 3.63) is 58.1 Å². The smallest absolute Gasteiger partial charge is 0.231 e. The summed E-state index contributed by atoms with van der Waals surface area (Å²) in [5.41, 5.74) is 1.43. The molecule has 2 aromatic rings. The maximum atomic E-state index is 11.0. The Labute approximate surface area is 150 Å². The van der Waals surface area contributed by atoms with Crippen LogP contribution in [0, 0.1) is 0 Å². The molecule has 5 heteroatoms. The van der Waals surface area contributed by atoms with Gasteiger partial charge in [-0.05, 0) is 36.6 Å². The van der Waals surface area contributed by atoms with E-state index in [2.05, 4.69) is 26.9 Å². The van der Waals surface area contributed by atoms with Gasteiger partial charge < -0.3 is 14.6 Å². The highest BCUT2D eigenvalue weighted by molar-refractivity contribution is 9.10. The Bertz CT molecular complexity index is 724. The maximum absolute atomic E-state index is 11.0. The van der Waals surface area contributed by atoms with Gasteiger partial charge in [-0.3, -0.25) is 4.90 Å². The second-order valence-electron chi connectivity index (χ2n) is 6.47. The van der Waals surface area contributed by atoms with E-state index in [1.54, 1.807) is 0 Å². The van der Waals surface area contributed by atoms with Crippen LogP contribution in [0.5, 0.6) is 11.5 Å². The lowest BCUT2D eigenvalue weighted by molar-refractivity contribution is -0.0278. The monoisotopic (exact) mass is 389 g/mol. The standard InChI is InChI=1S/C19H20BrNO3/c20-16-6-4-15(5-7-16)19(22)8-10-21(11-9-19)12-14-2-1-3-17-18(14)24-13-23-17/h1-7,22H,8-13H2. The summed E-state index contributed by atoms with van der Waals surface area (Å²) in [7, 11) is 0. The van der Waals surface area contributed by atoms with Crippen molar-refractivity contribution in [1.82, 2.24) is 4.90 Å².